The van der Waals surface area contributed by atoms with E-state index in [0.717, 1.165) is 19.3 Å². The van der Waals surface area contributed by atoms with Crippen molar-refractivity contribution in [3.63, 3.8) is 0 Å². The van der Waals surface area contributed by atoms with E-state index in [2.05, 4.69) is 45.0 Å². The summed E-state index contributed by atoms with van der Waals surface area (Å²) in [6, 6.07) is 8.77. The molecular weight excluding hydrogens is 262 g/mol. The average Bonchev–Trinajstić information content (AvgIpc) is 2.38. The Balaban J connectivity index is 0.00000162. The summed E-state index contributed by atoms with van der Waals surface area (Å²) in [5.41, 5.74) is 1.46. The Labute approximate surface area is 121 Å². The van der Waals surface area contributed by atoms with Gasteiger partial charge in [-0.25, -0.2) is 0 Å². The van der Waals surface area contributed by atoms with Gasteiger partial charge >= 0.3 is 0 Å². The zero-order valence-corrected chi connectivity index (χ0v) is 13.0. The Morgan fingerprint density at radius 3 is 2.39 bits per heavy atom. The second-order valence-corrected chi connectivity index (χ2v) is 5.71. The number of hydrogen-bond donors (Lipinski definition) is 0. The fraction of sp³-hybridized carbons (Fsp3) is 0.533. The monoisotopic (exact) mass is 283 g/mol. The van der Waals surface area contributed by atoms with E-state index in [4.69, 9.17) is 4.99 Å². The number of nitrogens with zero attached hydrogens (tertiary/aromatic N) is 1. The Morgan fingerprint density at radius 1 is 1.11 bits per heavy atom. The first kappa shape index (κ1) is 15.6. The third-order valence-electron chi connectivity index (χ3n) is 3.59. The molecular formula is C15H22ClNS. The number of halogens is 1. The van der Waals surface area contributed by atoms with Crippen molar-refractivity contribution in [2.45, 2.75) is 56.9 Å². The zero-order chi connectivity index (χ0) is 12.3. The third kappa shape index (κ3) is 2.75. The van der Waals surface area contributed by atoms with Crippen LogP contribution in [0.15, 0.2) is 34.2 Å². The smallest absolute Gasteiger partial charge is 0.0871 e. The average molecular weight is 284 g/mol. The van der Waals surface area contributed by atoms with E-state index < -0.39 is 0 Å². The molecule has 0 fully saturated rings. The number of thioether (sulfide) groups is 1. The molecule has 0 saturated heterocycles. The highest BCUT2D eigenvalue weighted by atomic mass is 35.5. The summed E-state index contributed by atoms with van der Waals surface area (Å²) in [7, 11) is 0. The third-order valence-corrected chi connectivity index (χ3v) is 4.70. The first-order valence-electron chi connectivity index (χ1n) is 6.61. The highest BCUT2D eigenvalue weighted by Gasteiger charge is 2.33. The van der Waals surface area contributed by atoms with Gasteiger partial charge in [0, 0.05) is 4.90 Å². The largest absolute Gasteiger partial charge is 0.271 e. The molecule has 0 unspecified atom stereocenters. The maximum Gasteiger partial charge on any atom is 0.0871 e. The van der Waals surface area contributed by atoms with Crippen molar-refractivity contribution in [1.29, 1.82) is 0 Å². The molecule has 1 aromatic carbocycles. The van der Waals surface area contributed by atoms with E-state index >= 15 is 0 Å². The summed E-state index contributed by atoms with van der Waals surface area (Å²) < 4.78 is 0. The summed E-state index contributed by atoms with van der Waals surface area (Å²) in [6.45, 7) is 6.73. The quantitative estimate of drug-likeness (QED) is 0.718. The van der Waals surface area contributed by atoms with Crippen LogP contribution in [0, 0.1) is 0 Å². The van der Waals surface area contributed by atoms with Gasteiger partial charge in [0.15, 0.2) is 0 Å². The van der Waals surface area contributed by atoms with Crippen LogP contribution >= 0.6 is 24.2 Å². The molecule has 0 bridgehead atoms. The molecule has 1 nitrogen and oxygen atoms in total. The summed E-state index contributed by atoms with van der Waals surface area (Å²) in [4.78, 5) is 6.47. The van der Waals surface area contributed by atoms with Crippen molar-refractivity contribution in [3.8, 4) is 0 Å². The fourth-order valence-corrected chi connectivity index (χ4v) is 3.79. The van der Waals surface area contributed by atoms with Gasteiger partial charge in [0.05, 0.1) is 10.6 Å². The van der Waals surface area contributed by atoms with Gasteiger partial charge in [-0.3, -0.25) is 4.99 Å². The standard InChI is InChI=1S/C15H21NS.ClH/c1-4-9-14-16-15(5-2,6-3)12-10-7-8-11-13(12)17-14;/h7-8,10-11H,4-6,9H2,1-3H3;1H. The van der Waals surface area contributed by atoms with Crippen molar-refractivity contribution in [2.75, 3.05) is 0 Å². The number of hydrogen-bond acceptors (Lipinski definition) is 2. The lowest BCUT2D eigenvalue weighted by molar-refractivity contribution is 0.408. The molecule has 0 atom stereocenters. The second-order valence-electron chi connectivity index (χ2n) is 4.59. The lowest BCUT2D eigenvalue weighted by Gasteiger charge is -2.34. The van der Waals surface area contributed by atoms with Gasteiger partial charge in [-0.15, -0.1) is 12.4 Å². The summed E-state index contributed by atoms with van der Waals surface area (Å²) >= 11 is 1.86. The lowest BCUT2D eigenvalue weighted by Crippen LogP contribution is -2.27. The second kappa shape index (κ2) is 6.63. The molecule has 0 spiro atoms. The van der Waals surface area contributed by atoms with Crippen LogP contribution in [0.1, 0.15) is 52.0 Å². The fourth-order valence-electron chi connectivity index (χ4n) is 2.50. The number of fused-ring (bicyclic) bond motifs is 1. The first-order valence-corrected chi connectivity index (χ1v) is 7.43. The van der Waals surface area contributed by atoms with Crippen molar-refractivity contribution in [3.05, 3.63) is 29.8 Å². The molecule has 1 aliphatic rings. The number of aliphatic imine (C=N–C) groups is 1. The van der Waals surface area contributed by atoms with Gasteiger partial charge in [0.2, 0.25) is 0 Å². The summed E-state index contributed by atoms with van der Waals surface area (Å²) in [5.74, 6) is 0. The summed E-state index contributed by atoms with van der Waals surface area (Å²) in [6.07, 6.45) is 4.47. The minimum Gasteiger partial charge on any atom is -0.271 e. The van der Waals surface area contributed by atoms with Crippen molar-refractivity contribution in [1.82, 2.24) is 0 Å². The van der Waals surface area contributed by atoms with E-state index in [1.54, 1.807) is 0 Å². The Kier molecular flexibility index (Phi) is 5.74. The lowest BCUT2D eigenvalue weighted by atomic mass is 9.85. The molecule has 3 heteroatoms. The van der Waals surface area contributed by atoms with Crippen molar-refractivity contribution in [2.24, 2.45) is 4.99 Å². The van der Waals surface area contributed by atoms with Crippen molar-refractivity contribution >= 4 is 29.2 Å². The molecule has 0 N–H and O–H groups in total. The topological polar surface area (TPSA) is 12.4 Å². The predicted octanol–water partition coefficient (Wildman–Crippen LogP) is 5.43. The zero-order valence-electron chi connectivity index (χ0n) is 11.4. The molecule has 0 saturated carbocycles. The van der Waals surface area contributed by atoms with E-state index in [1.165, 1.54) is 21.9 Å². The maximum atomic E-state index is 5.06. The van der Waals surface area contributed by atoms with Crippen LogP contribution in [0.5, 0.6) is 0 Å². The normalized spacial score (nSPS) is 16.5. The van der Waals surface area contributed by atoms with Gasteiger partial charge in [-0.2, -0.15) is 0 Å². The maximum absolute atomic E-state index is 5.06. The molecule has 0 aromatic heterocycles. The molecule has 0 radical (unpaired) electrons. The van der Waals surface area contributed by atoms with Crippen LogP contribution in [0.25, 0.3) is 0 Å². The number of benzene rings is 1. The molecule has 1 heterocycles. The molecule has 1 aromatic rings. The highest BCUT2D eigenvalue weighted by molar-refractivity contribution is 8.14. The molecule has 18 heavy (non-hydrogen) atoms. The van der Waals surface area contributed by atoms with Gasteiger partial charge in [-0.05, 0) is 30.9 Å². The van der Waals surface area contributed by atoms with E-state index in [9.17, 15) is 0 Å². The van der Waals surface area contributed by atoms with Gasteiger partial charge in [0.1, 0.15) is 0 Å². The minimum absolute atomic E-state index is 0. The van der Waals surface area contributed by atoms with E-state index in [1.807, 2.05) is 11.8 Å². The molecule has 0 aliphatic carbocycles. The van der Waals surface area contributed by atoms with Crippen LogP contribution in [-0.2, 0) is 5.54 Å². The molecule has 1 aliphatic heterocycles. The van der Waals surface area contributed by atoms with Gasteiger partial charge < -0.3 is 0 Å². The van der Waals surface area contributed by atoms with E-state index in [0.29, 0.717) is 0 Å². The molecule has 100 valence electrons. The molecule has 0 amide bonds. The Morgan fingerprint density at radius 2 is 1.78 bits per heavy atom. The molecule has 2 rings (SSSR count). The van der Waals surface area contributed by atoms with Crippen LogP contribution < -0.4 is 0 Å². The van der Waals surface area contributed by atoms with Crippen LogP contribution in [0.4, 0.5) is 0 Å². The van der Waals surface area contributed by atoms with Crippen molar-refractivity contribution < 1.29 is 0 Å². The summed E-state index contributed by atoms with van der Waals surface area (Å²) in [5, 5.41) is 1.31. The van der Waals surface area contributed by atoms with Crippen LogP contribution in [0.2, 0.25) is 0 Å². The predicted molar refractivity (Wildman–Crippen MR) is 84.2 cm³/mol. The van der Waals surface area contributed by atoms with Gasteiger partial charge in [-0.1, -0.05) is 57.2 Å². The highest BCUT2D eigenvalue weighted by Crippen LogP contribution is 2.44. The first-order chi connectivity index (χ1) is 8.25. The van der Waals surface area contributed by atoms with Gasteiger partial charge in [0.25, 0.3) is 0 Å². The Bertz CT molecular complexity index is 424. The van der Waals surface area contributed by atoms with E-state index in [-0.39, 0.29) is 17.9 Å². The Hall–Kier alpha value is -0.470. The van der Waals surface area contributed by atoms with Crippen LogP contribution in [-0.4, -0.2) is 5.04 Å². The van der Waals surface area contributed by atoms with Crippen LogP contribution in [0.3, 0.4) is 0 Å². The minimum atomic E-state index is 0. The number of rotatable bonds is 4. The SMILES string of the molecule is CCCC1=NC(CC)(CC)c2ccccc2S1.Cl.